The minimum absolute atomic E-state index is 0.00523. The molecule has 1 heterocycles. The van der Waals surface area contributed by atoms with Crippen LogP contribution in [0.2, 0.25) is 0 Å². The summed E-state index contributed by atoms with van der Waals surface area (Å²) in [6, 6.07) is 1.82. The number of thiophene rings is 1. The Kier molecular flexibility index (Phi) is 4.50. The molecule has 90 valence electrons. The summed E-state index contributed by atoms with van der Waals surface area (Å²) in [5, 5.41) is 9.02. The maximum atomic E-state index is 12.1. The average molecular weight is 241 g/mol. The lowest BCUT2D eigenvalue weighted by Crippen LogP contribution is -2.36. The molecule has 16 heavy (non-hydrogen) atoms. The van der Waals surface area contributed by atoms with Gasteiger partial charge >= 0.3 is 0 Å². The largest absolute Gasteiger partial charge is 0.394 e. The topological polar surface area (TPSA) is 40.5 Å². The minimum atomic E-state index is -0.139. The molecule has 1 unspecified atom stereocenters. The van der Waals surface area contributed by atoms with Crippen molar-refractivity contribution in [3.63, 3.8) is 0 Å². The van der Waals surface area contributed by atoms with Crippen LogP contribution < -0.4 is 0 Å². The minimum Gasteiger partial charge on any atom is -0.394 e. The number of likely N-dealkylation sites (N-methyl/N-ethyl adjacent to an activating group) is 1. The van der Waals surface area contributed by atoms with Crippen LogP contribution >= 0.6 is 11.3 Å². The summed E-state index contributed by atoms with van der Waals surface area (Å²) in [6.45, 7) is 5.95. The lowest BCUT2D eigenvalue weighted by atomic mass is 10.2. The van der Waals surface area contributed by atoms with E-state index in [-0.39, 0.29) is 18.6 Å². The molecular formula is C12H19NO2S. The van der Waals surface area contributed by atoms with Crippen LogP contribution in [0.4, 0.5) is 0 Å². The van der Waals surface area contributed by atoms with E-state index in [0.29, 0.717) is 0 Å². The molecule has 0 saturated heterocycles. The molecule has 1 rings (SSSR count). The zero-order valence-corrected chi connectivity index (χ0v) is 11.1. The molecule has 3 nitrogen and oxygen atoms in total. The van der Waals surface area contributed by atoms with Crippen molar-refractivity contribution in [1.82, 2.24) is 4.90 Å². The molecule has 0 bridgehead atoms. The van der Waals surface area contributed by atoms with Gasteiger partial charge in [-0.3, -0.25) is 4.79 Å². The van der Waals surface area contributed by atoms with Crippen LogP contribution in [-0.4, -0.2) is 35.6 Å². The molecule has 1 atom stereocenters. The SMILES string of the molecule is CCc1cc(C(=O)N(C)C(C)CO)sc1C. The molecule has 1 aromatic rings. The standard InChI is InChI=1S/C12H19NO2S/c1-5-10-6-11(16-9(10)3)12(15)13(4)8(2)7-14/h6,8,14H,5,7H2,1-4H3. The van der Waals surface area contributed by atoms with Gasteiger partial charge in [0.1, 0.15) is 0 Å². The summed E-state index contributed by atoms with van der Waals surface area (Å²) in [4.78, 5) is 15.6. The molecular weight excluding hydrogens is 222 g/mol. The number of carbonyl (C=O) groups is 1. The number of rotatable bonds is 4. The van der Waals surface area contributed by atoms with Gasteiger partial charge in [-0.2, -0.15) is 0 Å². The Labute approximate surface area is 101 Å². The van der Waals surface area contributed by atoms with Gasteiger partial charge in [-0.05, 0) is 31.9 Å². The number of aliphatic hydroxyl groups is 1. The van der Waals surface area contributed by atoms with E-state index in [1.54, 1.807) is 11.9 Å². The van der Waals surface area contributed by atoms with Crippen molar-refractivity contribution in [2.45, 2.75) is 33.2 Å². The second-order valence-electron chi connectivity index (χ2n) is 3.99. The number of aliphatic hydroxyl groups excluding tert-OH is 1. The summed E-state index contributed by atoms with van der Waals surface area (Å²) in [5.74, 6) is -0.00523. The Hall–Kier alpha value is -0.870. The third-order valence-corrected chi connectivity index (χ3v) is 3.94. The van der Waals surface area contributed by atoms with Gasteiger partial charge < -0.3 is 10.0 Å². The summed E-state index contributed by atoms with van der Waals surface area (Å²) in [7, 11) is 1.73. The van der Waals surface area contributed by atoms with E-state index < -0.39 is 0 Å². The molecule has 0 aliphatic carbocycles. The van der Waals surface area contributed by atoms with E-state index in [1.165, 1.54) is 21.8 Å². The van der Waals surface area contributed by atoms with Crippen molar-refractivity contribution in [3.8, 4) is 0 Å². The highest BCUT2D eigenvalue weighted by Crippen LogP contribution is 2.23. The van der Waals surface area contributed by atoms with Gasteiger partial charge in [0, 0.05) is 11.9 Å². The van der Waals surface area contributed by atoms with Gasteiger partial charge in [-0.25, -0.2) is 0 Å². The Morgan fingerprint density at radius 1 is 1.62 bits per heavy atom. The molecule has 0 aromatic carbocycles. The predicted molar refractivity (Wildman–Crippen MR) is 67.1 cm³/mol. The number of nitrogens with zero attached hydrogens (tertiary/aromatic N) is 1. The first-order valence-corrected chi connectivity index (χ1v) is 6.30. The third-order valence-electron chi connectivity index (χ3n) is 2.86. The summed E-state index contributed by atoms with van der Waals surface area (Å²) >= 11 is 1.53. The fraction of sp³-hybridized carbons (Fsp3) is 0.583. The number of hydrogen-bond acceptors (Lipinski definition) is 3. The molecule has 1 aromatic heterocycles. The van der Waals surface area contributed by atoms with E-state index >= 15 is 0 Å². The maximum absolute atomic E-state index is 12.1. The Morgan fingerprint density at radius 3 is 2.69 bits per heavy atom. The third kappa shape index (κ3) is 2.62. The van der Waals surface area contributed by atoms with Gasteiger partial charge in [0.25, 0.3) is 5.91 Å². The second-order valence-corrected chi connectivity index (χ2v) is 5.25. The highest BCUT2D eigenvalue weighted by Gasteiger charge is 2.19. The highest BCUT2D eigenvalue weighted by molar-refractivity contribution is 7.14. The molecule has 0 fully saturated rings. The molecule has 0 aliphatic rings. The van der Waals surface area contributed by atoms with Crippen LogP contribution in [-0.2, 0) is 6.42 Å². The van der Waals surface area contributed by atoms with Crippen LogP contribution in [0.25, 0.3) is 0 Å². The molecule has 1 N–H and O–H groups in total. The lowest BCUT2D eigenvalue weighted by molar-refractivity contribution is 0.0687. The van der Waals surface area contributed by atoms with Gasteiger partial charge in [0.05, 0.1) is 17.5 Å². The Morgan fingerprint density at radius 2 is 2.25 bits per heavy atom. The maximum Gasteiger partial charge on any atom is 0.263 e. The van der Waals surface area contributed by atoms with E-state index in [0.717, 1.165) is 11.3 Å². The van der Waals surface area contributed by atoms with Gasteiger partial charge in [0.2, 0.25) is 0 Å². The van der Waals surface area contributed by atoms with Crippen molar-refractivity contribution in [1.29, 1.82) is 0 Å². The van der Waals surface area contributed by atoms with Crippen molar-refractivity contribution in [2.75, 3.05) is 13.7 Å². The van der Waals surface area contributed by atoms with Gasteiger partial charge in [-0.15, -0.1) is 11.3 Å². The van der Waals surface area contributed by atoms with Crippen molar-refractivity contribution >= 4 is 17.2 Å². The fourth-order valence-corrected chi connectivity index (χ4v) is 2.57. The lowest BCUT2D eigenvalue weighted by Gasteiger charge is -2.22. The Bertz CT molecular complexity index is 373. The monoisotopic (exact) mass is 241 g/mol. The van der Waals surface area contributed by atoms with Crippen LogP contribution in [0, 0.1) is 6.92 Å². The number of hydrogen-bond donors (Lipinski definition) is 1. The average Bonchev–Trinajstić information content (AvgIpc) is 2.67. The number of amides is 1. The van der Waals surface area contributed by atoms with E-state index in [1.807, 2.05) is 19.9 Å². The van der Waals surface area contributed by atoms with Crippen molar-refractivity contribution in [3.05, 3.63) is 21.4 Å². The summed E-state index contributed by atoms with van der Waals surface area (Å²) in [5.41, 5.74) is 1.23. The first-order chi connectivity index (χ1) is 7.51. The van der Waals surface area contributed by atoms with Crippen LogP contribution in [0.15, 0.2) is 6.07 Å². The van der Waals surface area contributed by atoms with E-state index in [9.17, 15) is 4.79 Å². The highest BCUT2D eigenvalue weighted by atomic mass is 32.1. The normalized spacial score (nSPS) is 12.6. The van der Waals surface area contributed by atoms with Gasteiger partial charge in [-0.1, -0.05) is 6.92 Å². The zero-order chi connectivity index (χ0) is 12.3. The Balaban J connectivity index is 2.88. The molecule has 0 spiro atoms. The molecule has 1 amide bonds. The molecule has 0 radical (unpaired) electrons. The van der Waals surface area contributed by atoms with Gasteiger partial charge in [0.15, 0.2) is 0 Å². The summed E-state index contributed by atoms with van der Waals surface area (Å²) in [6.07, 6.45) is 0.953. The van der Waals surface area contributed by atoms with E-state index in [2.05, 4.69) is 6.92 Å². The molecule has 0 aliphatic heterocycles. The first kappa shape index (κ1) is 13.2. The molecule has 4 heteroatoms. The van der Waals surface area contributed by atoms with Crippen LogP contribution in [0.5, 0.6) is 0 Å². The quantitative estimate of drug-likeness (QED) is 0.876. The van der Waals surface area contributed by atoms with Crippen molar-refractivity contribution in [2.24, 2.45) is 0 Å². The van der Waals surface area contributed by atoms with Crippen molar-refractivity contribution < 1.29 is 9.90 Å². The number of aryl methyl sites for hydroxylation is 2. The molecule has 0 saturated carbocycles. The first-order valence-electron chi connectivity index (χ1n) is 5.48. The summed E-state index contributed by atoms with van der Waals surface area (Å²) < 4.78 is 0. The smallest absolute Gasteiger partial charge is 0.263 e. The predicted octanol–water partition coefficient (Wildman–Crippen LogP) is 2.07. The fourth-order valence-electron chi connectivity index (χ4n) is 1.47. The van der Waals surface area contributed by atoms with E-state index in [4.69, 9.17) is 5.11 Å². The van der Waals surface area contributed by atoms with Crippen LogP contribution in [0.1, 0.15) is 34.0 Å². The second kappa shape index (κ2) is 5.46. The number of carbonyl (C=O) groups excluding carboxylic acids is 1. The van der Waals surface area contributed by atoms with Crippen LogP contribution in [0.3, 0.4) is 0 Å². The zero-order valence-electron chi connectivity index (χ0n) is 10.3.